The molecule has 0 aliphatic heterocycles. The molecule has 0 atom stereocenters. The summed E-state index contributed by atoms with van der Waals surface area (Å²) in [6.07, 6.45) is 1.97. The van der Waals surface area contributed by atoms with Crippen molar-refractivity contribution in [1.29, 1.82) is 0 Å². The Morgan fingerprint density at radius 3 is 2.73 bits per heavy atom. The zero-order valence-electron chi connectivity index (χ0n) is 15.0. The lowest BCUT2D eigenvalue weighted by molar-refractivity contribution is -0.147. The number of nitrogens with one attached hydrogen (secondary N) is 1. The SMILES string of the molecule is CCCCC(=O)OCC(=O)Nc1nc(-c2cc(OC)ccc2OC)cs1. The van der Waals surface area contributed by atoms with Crippen LogP contribution in [0.15, 0.2) is 23.6 Å². The molecular formula is C18H22N2O5S. The average Bonchev–Trinajstić information content (AvgIpc) is 3.12. The molecule has 140 valence electrons. The number of hydrogen-bond acceptors (Lipinski definition) is 7. The largest absolute Gasteiger partial charge is 0.497 e. The molecule has 2 rings (SSSR count). The fourth-order valence-corrected chi connectivity index (χ4v) is 2.89. The number of carbonyl (C=O) groups is 2. The van der Waals surface area contributed by atoms with E-state index in [-0.39, 0.29) is 12.6 Å². The molecule has 0 aliphatic rings. The Morgan fingerprint density at radius 2 is 2.04 bits per heavy atom. The predicted molar refractivity (Wildman–Crippen MR) is 99.8 cm³/mol. The van der Waals surface area contributed by atoms with Gasteiger partial charge in [0.25, 0.3) is 5.91 Å². The summed E-state index contributed by atoms with van der Waals surface area (Å²) in [7, 11) is 3.16. The number of rotatable bonds is 9. The standard InChI is InChI=1S/C18H22N2O5S/c1-4-5-6-17(22)25-10-16(21)20-18-19-14(11-26-18)13-9-12(23-2)7-8-15(13)24-3/h7-9,11H,4-6,10H2,1-3H3,(H,19,20,21). The van der Waals surface area contributed by atoms with Crippen molar-refractivity contribution in [3.05, 3.63) is 23.6 Å². The van der Waals surface area contributed by atoms with Gasteiger partial charge >= 0.3 is 5.97 Å². The van der Waals surface area contributed by atoms with E-state index in [0.29, 0.717) is 28.7 Å². The molecule has 7 nitrogen and oxygen atoms in total. The maximum Gasteiger partial charge on any atom is 0.306 e. The summed E-state index contributed by atoms with van der Waals surface area (Å²) in [5, 5.41) is 4.85. The van der Waals surface area contributed by atoms with Gasteiger partial charge in [-0.3, -0.25) is 14.9 Å². The second-order valence-corrected chi connectivity index (χ2v) is 6.27. The fourth-order valence-electron chi connectivity index (χ4n) is 2.16. The Labute approximate surface area is 156 Å². The Kier molecular flexibility index (Phi) is 7.40. The molecule has 0 spiro atoms. The number of thiazole rings is 1. The number of carbonyl (C=O) groups excluding carboxylic acids is 2. The third kappa shape index (κ3) is 5.45. The van der Waals surface area contributed by atoms with Crippen LogP contribution >= 0.6 is 11.3 Å². The van der Waals surface area contributed by atoms with Crippen LogP contribution < -0.4 is 14.8 Å². The van der Waals surface area contributed by atoms with Gasteiger partial charge in [-0.2, -0.15) is 0 Å². The number of methoxy groups -OCH3 is 2. The van der Waals surface area contributed by atoms with Gasteiger partial charge in [-0.25, -0.2) is 4.98 Å². The molecule has 0 unspecified atom stereocenters. The van der Waals surface area contributed by atoms with Crippen molar-refractivity contribution in [2.24, 2.45) is 0 Å². The lowest BCUT2D eigenvalue weighted by Crippen LogP contribution is -2.20. The number of hydrogen-bond donors (Lipinski definition) is 1. The fraction of sp³-hybridized carbons (Fsp3) is 0.389. The topological polar surface area (TPSA) is 86.8 Å². The highest BCUT2D eigenvalue weighted by atomic mass is 32.1. The van der Waals surface area contributed by atoms with Crippen molar-refractivity contribution in [2.75, 3.05) is 26.1 Å². The van der Waals surface area contributed by atoms with Crippen molar-refractivity contribution in [3.63, 3.8) is 0 Å². The Balaban J connectivity index is 1.99. The number of benzene rings is 1. The number of anilines is 1. The van der Waals surface area contributed by atoms with Crippen LogP contribution in [-0.4, -0.2) is 37.7 Å². The number of unbranched alkanes of at least 4 members (excludes halogenated alkanes) is 1. The summed E-state index contributed by atoms with van der Waals surface area (Å²) in [6.45, 7) is 1.66. The van der Waals surface area contributed by atoms with Crippen molar-refractivity contribution in [1.82, 2.24) is 4.98 Å². The molecule has 0 saturated carbocycles. The van der Waals surface area contributed by atoms with Crippen LogP contribution in [0.3, 0.4) is 0 Å². The molecule has 1 aromatic carbocycles. The van der Waals surface area contributed by atoms with E-state index in [1.165, 1.54) is 11.3 Å². The Bertz CT molecular complexity index is 760. The van der Waals surface area contributed by atoms with Crippen LogP contribution in [0.1, 0.15) is 26.2 Å². The monoisotopic (exact) mass is 378 g/mol. The average molecular weight is 378 g/mol. The van der Waals surface area contributed by atoms with Gasteiger partial charge in [0.15, 0.2) is 11.7 Å². The molecule has 0 saturated heterocycles. The number of esters is 1. The van der Waals surface area contributed by atoms with Gasteiger partial charge in [-0.05, 0) is 24.6 Å². The first-order valence-corrected chi connectivity index (χ1v) is 9.08. The highest BCUT2D eigenvalue weighted by Crippen LogP contribution is 2.34. The van der Waals surface area contributed by atoms with Gasteiger partial charge < -0.3 is 14.2 Å². The quantitative estimate of drug-likeness (QED) is 0.672. The molecule has 0 bridgehead atoms. The highest BCUT2D eigenvalue weighted by Gasteiger charge is 2.14. The van der Waals surface area contributed by atoms with Crippen molar-refractivity contribution in [2.45, 2.75) is 26.2 Å². The third-order valence-corrected chi connectivity index (χ3v) is 4.29. The molecule has 1 aromatic heterocycles. The number of amides is 1. The zero-order valence-corrected chi connectivity index (χ0v) is 15.9. The molecule has 1 heterocycles. The van der Waals surface area contributed by atoms with Gasteiger partial charge in [0, 0.05) is 17.4 Å². The van der Waals surface area contributed by atoms with E-state index < -0.39 is 5.91 Å². The third-order valence-electron chi connectivity index (χ3n) is 3.53. The molecule has 0 aliphatic carbocycles. The van der Waals surface area contributed by atoms with Gasteiger partial charge in [-0.1, -0.05) is 13.3 Å². The summed E-state index contributed by atoms with van der Waals surface area (Å²) < 4.78 is 15.5. The lowest BCUT2D eigenvalue weighted by Gasteiger charge is -2.08. The predicted octanol–water partition coefficient (Wildman–Crippen LogP) is 3.50. The Hall–Kier alpha value is -2.61. The van der Waals surface area contributed by atoms with E-state index >= 15 is 0 Å². The van der Waals surface area contributed by atoms with E-state index in [0.717, 1.165) is 18.4 Å². The number of ether oxygens (including phenoxy) is 3. The first-order valence-electron chi connectivity index (χ1n) is 8.20. The van der Waals surface area contributed by atoms with Crippen LogP contribution in [-0.2, 0) is 14.3 Å². The van der Waals surface area contributed by atoms with Crippen LogP contribution in [0.5, 0.6) is 11.5 Å². The normalized spacial score (nSPS) is 10.3. The van der Waals surface area contributed by atoms with E-state index in [1.54, 1.807) is 31.7 Å². The van der Waals surface area contributed by atoms with Gasteiger partial charge in [0.2, 0.25) is 0 Å². The second kappa shape index (κ2) is 9.76. The van der Waals surface area contributed by atoms with Crippen molar-refractivity contribution >= 4 is 28.3 Å². The van der Waals surface area contributed by atoms with Crippen LogP contribution in [0.25, 0.3) is 11.3 Å². The molecule has 1 amide bonds. The highest BCUT2D eigenvalue weighted by molar-refractivity contribution is 7.14. The zero-order chi connectivity index (χ0) is 18.9. The van der Waals surface area contributed by atoms with Gasteiger partial charge in [0.05, 0.1) is 19.9 Å². The maximum absolute atomic E-state index is 11.9. The molecule has 1 N–H and O–H groups in total. The number of aromatic nitrogens is 1. The van der Waals surface area contributed by atoms with E-state index in [1.807, 2.05) is 13.0 Å². The molecule has 8 heteroatoms. The smallest absolute Gasteiger partial charge is 0.306 e. The van der Waals surface area contributed by atoms with Crippen LogP contribution in [0.2, 0.25) is 0 Å². The van der Waals surface area contributed by atoms with Crippen molar-refractivity contribution < 1.29 is 23.8 Å². The molecular weight excluding hydrogens is 356 g/mol. The first kappa shape index (κ1) is 19.7. The summed E-state index contributed by atoms with van der Waals surface area (Å²) in [5.74, 6) is 0.536. The summed E-state index contributed by atoms with van der Waals surface area (Å²) in [4.78, 5) is 27.7. The van der Waals surface area contributed by atoms with Crippen LogP contribution in [0.4, 0.5) is 5.13 Å². The Morgan fingerprint density at radius 1 is 1.23 bits per heavy atom. The minimum atomic E-state index is -0.423. The van der Waals surface area contributed by atoms with Crippen LogP contribution in [0, 0.1) is 0 Å². The maximum atomic E-state index is 11.9. The minimum Gasteiger partial charge on any atom is -0.497 e. The minimum absolute atomic E-state index is 0.320. The van der Waals surface area contributed by atoms with E-state index in [9.17, 15) is 9.59 Å². The van der Waals surface area contributed by atoms with Gasteiger partial charge in [0.1, 0.15) is 11.5 Å². The summed E-state index contributed by atoms with van der Waals surface area (Å²) in [5.41, 5.74) is 1.41. The van der Waals surface area contributed by atoms with E-state index in [2.05, 4.69) is 10.3 Å². The molecule has 2 aromatic rings. The lowest BCUT2D eigenvalue weighted by atomic mass is 10.1. The van der Waals surface area contributed by atoms with E-state index in [4.69, 9.17) is 14.2 Å². The van der Waals surface area contributed by atoms with Crippen molar-refractivity contribution in [3.8, 4) is 22.8 Å². The number of nitrogens with zero attached hydrogens (tertiary/aromatic N) is 1. The summed E-state index contributed by atoms with van der Waals surface area (Å²) in [6, 6.07) is 5.40. The summed E-state index contributed by atoms with van der Waals surface area (Å²) >= 11 is 1.27. The molecule has 26 heavy (non-hydrogen) atoms. The molecule has 0 fully saturated rings. The van der Waals surface area contributed by atoms with Gasteiger partial charge in [-0.15, -0.1) is 11.3 Å². The molecule has 0 radical (unpaired) electrons. The first-order chi connectivity index (χ1) is 12.6. The second-order valence-electron chi connectivity index (χ2n) is 5.42.